The summed E-state index contributed by atoms with van der Waals surface area (Å²) in [5, 5.41) is 6.46. The highest BCUT2D eigenvalue weighted by atomic mass is 127. The Morgan fingerprint density at radius 2 is 2.09 bits per heavy atom. The number of hydrogen-bond acceptors (Lipinski definition) is 3. The van der Waals surface area contributed by atoms with Crippen LogP contribution in [0, 0.1) is 5.82 Å². The zero-order valence-corrected chi connectivity index (χ0v) is 15.3. The van der Waals surface area contributed by atoms with Crippen molar-refractivity contribution in [2.45, 2.75) is 12.6 Å². The highest BCUT2D eigenvalue weighted by Gasteiger charge is 2.17. The van der Waals surface area contributed by atoms with Crippen LogP contribution in [0.3, 0.4) is 0 Å². The van der Waals surface area contributed by atoms with Crippen molar-refractivity contribution in [2.24, 2.45) is 4.99 Å². The lowest BCUT2D eigenvalue weighted by atomic mass is 10.2. The fourth-order valence-corrected chi connectivity index (χ4v) is 2.21. The molecule has 7 heteroatoms. The quantitative estimate of drug-likeness (QED) is 0.438. The van der Waals surface area contributed by atoms with Crippen molar-refractivity contribution in [1.82, 2.24) is 15.5 Å². The first-order valence-electron chi connectivity index (χ1n) is 7.16. The molecule has 1 aliphatic heterocycles. The van der Waals surface area contributed by atoms with Gasteiger partial charge in [-0.25, -0.2) is 4.39 Å². The molecule has 1 atom stereocenters. The fraction of sp³-hybridized carbons (Fsp3) is 0.533. The summed E-state index contributed by atoms with van der Waals surface area (Å²) in [7, 11) is 3.82. The van der Waals surface area contributed by atoms with Gasteiger partial charge in [0.15, 0.2) is 5.96 Å². The third-order valence-corrected chi connectivity index (χ3v) is 3.44. The van der Waals surface area contributed by atoms with Crippen molar-refractivity contribution in [2.75, 3.05) is 40.3 Å². The Balaban J connectivity index is 0.00000242. The highest BCUT2D eigenvalue weighted by molar-refractivity contribution is 14.0. The number of aliphatic imine (C=N–C) groups is 1. The minimum Gasteiger partial charge on any atom is -0.374 e. The summed E-state index contributed by atoms with van der Waals surface area (Å²) in [6.45, 7) is 3.99. The number of morpholine rings is 1. The zero-order valence-electron chi connectivity index (χ0n) is 13.0. The van der Waals surface area contributed by atoms with Gasteiger partial charge in [-0.05, 0) is 24.7 Å². The van der Waals surface area contributed by atoms with Gasteiger partial charge in [-0.3, -0.25) is 4.99 Å². The van der Waals surface area contributed by atoms with Crippen molar-refractivity contribution in [3.05, 3.63) is 35.6 Å². The fourth-order valence-electron chi connectivity index (χ4n) is 2.21. The minimum absolute atomic E-state index is 0. The summed E-state index contributed by atoms with van der Waals surface area (Å²) in [5.74, 6) is 0.496. The van der Waals surface area contributed by atoms with Gasteiger partial charge in [-0.2, -0.15) is 0 Å². The first kappa shape index (κ1) is 19.1. The second-order valence-electron chi connectivity index (χ2n) is 5.19. The van der Waals surface area contributed by atoms with Crippen LogP contribution in [-0.4, -0.2) is 57.3 Å². The van der Waals surface area contributed by atoms with Crippen molar-refractivity contribution in [1.29, 1.82) is 0 Å². The Hall–Kier alpha value is -0.930. The van der Waals surface area contributed by atoms with E-state index in [1.807, 2.05) is 0 Å². The molecule has 1 saturated heterocycles. The average molecular weight is 422 g/mol. The summed E-state index contributed by atoms with van der Waals surface area (Å²) in [4.78, 5) is 6.43. The number of ether oxygens (including phenoxy) is 1. The molecule has 0 aromatic heterocycles. The first-order chi connectivity index (χ1) is 10.2. The lowest BCUT2D eigenvalue weighted by molar-refractivity contribution is -0.0161. The van der Waals surface area contributed by atoms with E-state index in [2.05, 4.69) is 27.6 Å². The van der Waals surface area contributed by atoms with Gasteiger partial charge in [0.1, 0.15) is 5.82 Å². The maximum Gasteiger partial charge on any atom is 0.191 e. The number of guanidine groups is 1. The predicted molar refractivity (Wildman–Crippen MR) is 97.3 cm³/mol. The van der Waals surface area contributed by atoms with Gasteiger partial charge in [-0.15, -0.1) is 24.0 Å². The van der Waals surface area contributed by atoms with Crippen molar-refractivity contribution in [3.8, 4) is 0 Å². The number of nitrogens with zero attached hydrogens (tertiary/aromatic N) is 2. The lowest BCUT2D eigenvalue weighted by Gasteiger charge is -2.30. The van der Waals surface area contributed by atoms with E-state index in [1.54, 1.807) is 19.2 Å². The molecule has 1 aromatic rings. The van der Waals surface area contributed by atoms with Crippen LogP contribution in [0.25, 0.3) is 0 Å². The Labute approximate surface area is 148 Å². The molecule has 2 rings (SSSR count). The Bertz CT molecular complexity index is 469. The number of halogens is 2. The van der Waals surface area contributed by atoms with E-state index >= 15 is 0 Å². The number of likely N-dealkylation sites (N-methyl/N-ethyl adjacent to an activating group) is 1. The SMILES string of the molecule is CN=C(NCc1ccc(F)cc1)NCC1CN(C)CCO1.I. The molecule has 0 spiro atoms. The summed E-state index contributed by atoms with van der Waals surface area (Å²) < 4.78 is 18.5. The molecule has 1 heterocycles. The molecular weight excluding hydrogens is 398 g/mol. The lowest BCUT2D eigenvalue weighted by Crippen LogP contribution is -2.48. The smallest absolute Gasteiger partial charge is 0.191 e. The summed E-state index contributed by atoms with van der Waals surface area (Å²) >= 11 is 0. The number of hydrogen-bond donors (Lipinski definition) is 2. The second-order valence-corrected chi connectivity index (χ2v) is 5.19. The van der Waals surface area contributed by atoms with Crippen LogP contribution in [0.15, 0.2) is 29.3 Å². The Kier molecular flexibility index (Phi) is 8.66. The largest absolute Gasteiger partial charge is 0.374 e. The van der Waals surface area contributed by atoms with Crippen LogP contribution in [0.5, 0.6) is 0 Å². The molecule has 1 fully saturated rings. The Morgan fingerprint density at radius 3 is 2.73 bits per heavy atom. The van der Waals surface area contributed by atoms with Crippen LogP contribution in [0.1, 0.15) is 5.56 Å². The van der Waals surface area contributed by atoms with Crippen molar-refractivity contribution < 1.29 is 9.13 Å². The monoisotopic (exact) mass is 422 g/mol. The van der Waals surface area contributed by atoms with E-state index < -0.39 is 0 Å². The second kappa shape index (κ2) is 9.96. The van der Waals surface area contributed by atoms with Gasteiger partial charge in [0, 0.05) is 33.2 Å². The van der Waals surface area contributed by atoms with E-state index in [-0.39, 0.29) is 35.9 Å². The van der Waals surface area contributed by atoms with E-state index in [0.717, 1.165) is 31.2 Å². The molecule has 1 aliphatic rings. The van der Waals surface area contributed by atoms with Gasteiger partial charge in [0.05, 0.1) is 12.7 Å². The molecule has 2 N–H and O–H groups in total. The molecule has 0 radical (unpaired) electrons. The van der Waals surface area contributed by atoms with Crippen molar-refractivity contribution >= 4 is 29.9 Å². The molecule has 0 bridgehead atoms. The Morgan fingerprint density at radius 1 is 1.36 bits per heavy atom. The van der Waals surface area contributed by atoms with E-state index in [4.69, 9.17) is 4.74 Å². The maximum atomic E-state index is 12.8. The molecule has 0 amide bonds. The molecular formula is C15H24FIN4O. The summed E-state index contributed by atoms with van der Waals surface area (Å²) in [6, 6.07) is 6.43. The summed E-state index contributed by atoms with van der Waals surface area (Å²) in [5.41, 5.74) is 1.01. The third-order valence-electron chi connectivity index (χ3n) is 3.44. The molecule has 0 aliphatic carbocycles. The van der Waals surface area contributed by atoms with E-state index in [0.29, 0.717) is 13.1 Å². The normalized spacial score (nSPS) is 19.4. The van der Waals surface area contributed by atoms with Crippen LogP contribution >= 0.6 is 24.0 Å². The van der Waals surface area contributed by atoms with Crippen molar-refractivity contribution in [3.63, 3.8) is 0 Å². The predicted octanol–water partition coefficient (Wildman–Crippen LogP) is 1.44. The number of benzene rings is 1. The molecule has 1 unspecified atom stereocenters. The minimum atomic E-state index is -0.222. The zero-order chi connectivity index (χ0) is 15.1. The van der Waals surface area contributed by atoms with Gasteiger partial charge in [-0.1, -0.05) is 12.1 Å². The third kappa shape index (κ3) is 6.45. The molecule has 1 aromatic carbocycles. The van der Waals surface area contributed by atoms with Gasteiger partial charge in [0.2, 0.25) is 0 Å². The van der Waals surface area contributed by atoms with Crippen LogP contribution in [0.4, 0.5) is 4.39 Å². The topological polar surface area (TPSA) is 48.9 Å². The van der Waals surface area contributed by atoms with Crippen LogP contribution in [-0.2, 0) is 11.3 Å². The molecule has 5 nitrogen and oxygen atoms in total. The highest BCUT2D eigenvalue weighted by Crippen LogP contribution is 2.03. The number of nitrogens with one attached hydrogen (secondary N) is 2. The number of rotatable bonds is 4. The standard InChI is InChI=1S/C15H23FN4O.HI/c1-17-15(18-9-12-3-5-13(16)6-4-12)19-10-14-11-20(2)7-8-21-14;/h3-6,14H,7-11H2,1-2H3,(H2,17,18,19);1H. The molecule has 124 valence electrons. The summed E-state index contributed by atoms with van der Waals surface area (Å²) in [6.07, 6.45) is 0.174. The molecule has 0 saturated carbocycles. The first-order valence-corrected chi connectivity index (χ1v) is 7.16. The van der Waals surface area contributed by atoms with Crippen LogP contribution in [0.2, 0.25) is 0 Å². The van der Waals surface area contributed by atoms with Gasteiger partial charge < -0.3 is 20.3 Å². The van der Waals surface area contributed by atoms with Crippen LogP contribution < -0.4 is 10.6 Å². The maximum absolute atomic E-state index is 12.8. The van der Waals surface area contributed by atoms with Gasteiger partial charge in [0.25, 0.3) is 0 Å². The van der Waals surface area contributed by atoms with E-state index in [1.165, 1.54) is 12.1 Å². The molecule has 22 heavy (non-hydrogen) atoms. The average Bonchev–Trinajstić information content (AvgIpc) is 2.49. The van der Waals surface area contributed by atoms with E-state index in [9.17, 15) is 4.39 Å². The van der Waals surface area contributed by atoms with Gasteiger partial charge >= 0.3 is 0 Å².